The molecule has 0 aliphatic rings. The highest BCUT2D eigenvalue weighted by Gasteiger charge is 2.23. The summed E-state index contributed by atoms with van der Waals surface area (Å²) in [5.41, 5.74) is 1.33. The Bertz CT molecular complexity index is 967. The summed E-state index contributed by atoms with van der Waals surface area (Å²) in [6, 6.07) is 4.30. The van der Waals surface area contributed by atoms with Crippen LogP contribution in [0.3, 0.4) is 0 Å². The number of urea groups is 1. The molecule has 0 aliphatic heterocycles. The van der Waals surface area contributed by atoms with Crippen LogP contribution in [0.5, 0.6) is 0 Å². The lowest BCUT2D eigenvalue weighted by molar-refractivity contribution is -0.117. The summed E-state index contributed by atoms with van der Waals surface area (Å²) in [4.78, 5) is 27.7. The normalized spacial score (nSPS) is 11.8. The Morgan fingerprint density at radius 3 is 2.46 bits per heavy atom. The van der Waals surface area contributed by atoms with Crippen molar-refractivity contribution in [2.45, 2.75) is 37.4 Å². The molecule has 2 N–H and O–H groups in total. The van der Waals surface area contributed by atoms with E-state index in [2.05, 4.69) is 15.6 Å². The molecule has 0 fully saturated rings. The Balaban J connectivity index is 2.32. The number of sulfonamides is 1. The second-order valence-electron chi connectivity index (χ2n) is 5.79. The van der Waals surface area contributed by atoms with Gasteiger partial charge in [-0.3, -0.25) is 10.1 Å². The average Bonchev–Trinajstić information content (AvgIpc) is 3.03. The van der Waals surface area contributed by atoms with Crippen LogP contribution < -0.4 is 10.6 Å². The summed E-state index contributed by atoms with van der Waals surface area (Å²) < 4.78 is 28.8. The predicted molar refractivity (Wildman–Crippen MR) is 109 cm³/mol. The van der Waals surface area contributed by atoms with E-state index in [1.165, 1.54) is 23.1 Å². The van der Waals surface area contributed by atoms with Crippen LogP contribution in [0, 0.1) is 0 Å². The number of hydrogen-bond acceptors (Lipinski definition) is 6. The zero-order valence-electron chi connectivity index (χ0n) is 16.4. The lowest BCUT2D eigenvalue weighted by Crippen LogP contribution is -2.38. The van der Waals surface area contributed by atoms with Crippen molar-refractivity contribution in [2.75, 3.05) is 25.9 Å². The first-order valence-corrected chi connectivity index (χ1v) is 11.4. The molecular formula is C17H25N5O4S2. The van der Waals surface area contributed by atoms with Crippen LogP contribution in [0.2, 0.25) is 0 Å². The first-order valence-electron chi connectivity index (χ1n) is 8.93. The number of amides is 3. The molecule has 0 unspecified atom stereocenters. The number of nitrogens with zero attached hydrogens (tertiary/aromatic N) is 3. The third-order valence-electron chi connectivity index (χ3n) is 4.16. The number of imidazole rings is 1. The Labute approximate surface area is 168 Å². The number of fused-ring (bicyclic) bond motifs is 1. The smallest absolute Gasteiger partial charge is 0.321 e. The molecule has 11 heteroatoms. The number of carbonyl (C=O) groups is 2. The highest BCUT2D eigenvalue weighted by Crippen LogP contribution is 2.27. The van der Waals surface area contributed by atoms with E-state index >= 15 is 0 Å². The molecule has 0 atom stereocenters. The van der Waals surface area contributed by atoms with Crippen molar-refractivity contribution in [1.29, 1.82) is 0 Å². The van der Waals surface area contributed by atoms with Crippen LogP contribution >= 0.6 is 11.8 Å². The zero-order chi connectivity index (χ0) is 20.9. The van der Waals surface area contributed by atoms with Crippen molar-refractivity contribution in [1.82, 2.24) is 24.5 Å². The molecule has 1 heterocycles. The predicted octanol–water partition coefficient (Wildman–Crippen LogP) is 1.63. The fraction of sp³-hybridized carbons (Fsp3) is 0.471. The van der Waals surface area contributed by atoms with Gasteiger partial charge in [-0.2, -0.15) is 4.31 Å². The molecule has 0 saturated heterocycles. The number of rotatable bonds is 8. The van der Waals surface area contributed by atoms with E-state index in [9.17, 15) is 18.0 Å². The number of carbonyl (C=O) groups excluding carboxylic acids is 2. The standard InChI is InChI=1S/C17H25N5O4S2/c1-5-21(6-2)28(25,26)12-8-9-14-13(10-12)19-17(22(14)7-3)27-11-15(23)20-16(24)18-4/h8-10H,5-7,11H2,1-4H3,(H2,18,20,23,24). The Hall–Kier alpha value is -2.11. The second-order valence-corrected chi connectivity index (χ2v) is 8.67. The van der Waals surface area contributed by atoms with Gasteiger partial charge in [0.25, 0.3) is 0 Å². The van der Waals surface area contributed by atoms with E-state index in [1.54, 1.807) is 32.0 Å². The number of nitrogens with one attached hydrogen (secondary N) is 2. The second kappa shape index (κ2) is 9.39. The van der Waals surface area contributed by atoms with Crippen LogP contribution in [-0.4, -0.2) is 60.1 Å². The summed E-state index contributed by atoms with van der Waals surface area (Å²) in [5, 5.41) is 5.09. The third-order valence-corrected chi connectivity index (χ3v) is 7.18. The van der Waals surface area contributed by atoms with E-state index in [0.717, 1.165) is 5.52 Å². The molecule has 0 aliphatic carbocycles. The largest absolute Gasteiger partial charge is 0.341 e. The van der Waals surface area contributed by atoms with E-state index in [0.29, 0.717) is 30.3 Å². The lowest BCUT2D eigenvalue weighted by atomic mass is 10.3. The number of benzene rings is 1. The fourth-order valence-electron chi connectivity index (χ4n) is 2.73. The third kappa shape index (κ3) is 4.65. The minimum atomic E-state index is -3.58. The molecule has 154 valence electrons. The number of thioether (sulfide) groups is 1. The number of imide groups is 1. The number of hydrogen-bond donors (Lipinski definition) is 2. The molecular weight excluding hydrogens is 402 g/mol. The summed E-state index contributed by atoms with van der Waals surface area (Å²) in [6.45, 7) is 6.92. The molecule has 0 saturated carbocycles. The van der Waals surface area contributed by atoms with Crippen molar-refractivity contribution >= 4 is 44.8 Å². The summed E-state index contributed by atoms with van der Waals surface area (Å²) in [5.74, 6) is -0.426. The fourth-order valence-corrected chi connectivity index (χ4v) is 5.09. The Kier molecular flexibility index (Phi) is 7.44. The van der Waals surface area contributed by atoms with Gasteiger partial charge in [0, 0.05) is 26.7 Å². The van der Waals surface area contributed by atoms with Gasteiger partial charge in [0.05, 0.1) is 21.7 Å². The van der Waals surface area contributed by atoms with Gasteiger partial charge in [0.15, 0.2) is 5.16 Å². The highest BCUT2D eigenvalue weighted by molar-refractivity contribution is 7.99. The van der Waals surface area contributed by atoms with Gasteiger partial charge in [-0.1, -0.05) is 25.6 Å². The SMILES string of the molecule is CCN(CC)S(=O)(=O)c1ccc2c(c1)nc(SCC(=O)NC(=O)NC)n2CC. The maximum absolute atomic E-state index is 12.7. The van der Waals surface area contributed by atoms with E-state index in [1.807, 2.05) is 11.5 Å². The molecule has 3 amide bonds. The van der Waals surface area contributed by atoms with Crippen molar-refractivity contribution in [3.05, 3.63) is 18.2 Å². The van der Waals surface area contributed by atoms with E-state index in [4.69, 9.17) is 0 Å². The molecule has 1 aromatic heterocycles. The Morgan fingerprint density at radius 1 is 1.21 bits per heavy atom. The maximum atomic E-state index is 12.7. The summed E-state index contributed by atoms with van der Waals surface area (Å²) >= 11 is 1.19. The van der Waals surface area contributed by atoms with Gasteiger partial charge in [0.1, 0.15) is 0 Å². The summed E-state index contributed by atoms with van der Waals surface area (Å²) in [6.07, 6.45) is 0. The lowest BCUT2D eigenvalue weighted by Gasteiger charge is -2.18. The minimum Gasteiger partial charge on any atom is -0.341 e. The minimum absolute atomic E-state index is 0.0152. The van der Waals surface area contributed by atoms with Gasteiger partial charge in [-0.25, -0.2) is 18.2 Å². The van der Waals surface area contributed by atoms with Gasteiger partial charge in [-0.15, -0.1) is 0 Å². The van der Waals surface area contributed by atoms with Gasteiger partial charge in [-0.05, 0) is 25.1 Å². The van der Waals surface area contributed by atoms with Crippen molar-refractivity contribution < 1.29 is 18.0 Å². The van der Waals surface area contributed by atoms with Crippen molar-refractivity contribution in [3.8, 4) is 0 Å². The highest BCUT2D eigenvalue weighted by atomic mass is 32.2. The molecule has 0 bridgehead atoms. The quantitative estimate of drug-likeness (QED) is 0.619. The average molecular weight is 428 g/mol. The van der Waals surface area contributed by atoms with E-state index in [-0.39, 0.29) is 10.6 Å². The first-order chi connectivity index (χ1) is 13.3. The molecule has 0 spiro atoms. The Morgan fingerprint density at radius 2 is 1.89 bits per heavy atom. The van der Waals surface area contributed by atoms with Crippen LogP contribution in [0.1, 0.15) is 20.8 Å². The molecule has 0 radical (unpaired) electrons. The van der Waals surface area contributed by atoms with Crippen LogP contribution in [0.4, 0.5) is 4.79 Å². The number of aryl methyl sites for hydroxylation is 1. The van der Waals surface area contributed by atoms with Gasteiger partial charge >= 0.3 is 6.03 Å². The van der Waals surface area contributed by atoms with Crippen LogP contribution in [-0.2, 0) is 21.4 Å². The van der Waals surface area contributed by atoms with Gasteiger partial charge in [0.2, 0.25) is 15.9 Å². The summed E-state index contributed by atoms with van der Waals surface area (Å²) in [7, 11) is -2.15. The van der Waals surface area contributed by atoms with E-state index < -0.39 is 22.0 Å². The number of aromatic nitrogens is 2. The van der Waals surface area contributed by atoms with Crippen molar-refractivity contribution in [2.24, 2.45) is 0 Å². The maximum Gasteiger partial charge on any atom is 0.321 e. The van der Waals surface area contributed by atoms with Gasteiger partial charge < -0.3 is 9.88 Å². The molecule has 2 aromatic rings. The molecule has 1 aromatic carbocycles. The van der Waals surface area contributed by atoms with Crippen LogP contribution in [0.25, 0.3) is 11.0 Å². The molecule has 2 rings (SSSR count). The van der Waals surface area contributed by atoms with Crippen LogP contribution in [0.15, 0.2) is 28.3 Å². The zero-order valence-corrected chi connectivity index (χ0v) is 18.0. The topological polar surface area (TPSA) is 113 Å². The molecule has 9 nitrogen and oxygen atoms in total. The first kappa shape index (κ1) is 22.2. The van der Waals surface area contributed by atoms with Crippen molar-refractivity contribution in [3.63, 3.8) is 0 Å². The molecule has 28 heavy (non-hydrogen) atoms. The monoisotopic (exact) mass is 427 g/mol.